The van der Waals surface area contributed by atoms with Crippen molar-refractivity contribution in [3.63, 3.8) is 0 Å². The number of aromatic nitrogens is 3. The molecule has 0 atom stereocenters. The van der Waals surface area contributed by atoms with Gasteiger partial charge in [0.25, 0.3) is 5.95 Å². The number of para-hydroxylation sites is 1. The quantitative estimate of drug-likeness (QED) is 0.589. The van der Waals surface area contributed by atoms with Gasteiger partial charge in [0.05, 0.1) is 12.8 Å². The molecule has 4 rings (SSSR count). The predicted molar refractivity (Wildman–Crippen MR) is 98.9 cm³/mol. The van der Waals surface area contributed by atoms with Crippen molar-refractivity contribution < 1.29 is 14.3 Å². The number of ether oxygens (including phenoxy) is 2. The van der Waals surface area contributed by atoms with Gasteiger partial charge in [-0.25, -0.2) is 9.31 Å². The molecule has 0 bridgehead atoms. The second kappa shape index (κ2) is 6.85. The van der Waals surface area contributed by atoms with Crippen LogP contribution in [0.2, 0.25) is 0 Å². The van der Waals surface area contributed by atoms with Gasteiger partial charge in [-0.15, -0.1) is 16.4 Å². The summed E-state index contributed by atoms with van der Waals surface area (Å²) in [4.78, 5) is 17.0. The van der Waals surface area contributed by atoms with Crippen LogP contribution in [-0.4, -0.2) is 27.8 Å². The first-order valence-electron chi connectivity index (χ1n) is 7.75. The maximum absolute atomic E-state index is 12.0. The van der Waals surface area contributed by atoms with Crippen LogP contribution in [0.15, 0.2) is 60.0 Å². The molecule has 0 saturated heterocycles. The summed E-state index contributed by atoms with van der Waals surface area (Å²) in [6.45, 7) is 0. The van der Waals surface area contributed by atoms with Gasteiger partial charge in [0, 0.05) is 10.9 Å². The standard InChI is InChI=1S/C18H14N4O3S/c1-24-13-9-7-12(8-10-13)15-11-26-17-19-16(21-22(15)17)20-18(23)25-14-5-3-2-4-6-14/h2-11H,1H3,(H,20,21,23). The van der Waals surface area contributed by atoms with E-state index in [1.807, 2.05) is 35.7 Å². The van der Waals surface area contributed by atoms with E-state index in [2.05, 4.69) is 15.4 Å². The van der Waals surface area contributed by atoms with E-state index in [0.29, 0.717) is 10.7 Å². The Bertz CT molecular complexity index is 1040. The molecule has 0 fully saturated rings. The Morgan fingerprint density at radius 2 is 1.85 bits per heavy atom. The van der Waals surface area contributed by atoms with Crippen LogP contribution in [0.5, 0.6) is 11.5 Å². The highest BCUT2D eigenvalue weighted by molar-refractivity contribution is 7.15. The molecule has 0 spiro atoms. The van der Waals surface area contributed by atoms with Crippen molar-refractivity contribution >= 4 is 28.3 Å². The van der Waals surface area contributed by atoms with Crippen LogP contribution in [0, 0.1) is 0 Å². The summed E-state index contributed by atoms with van der Waals surface area (Å²) in [6.07, 6.45) is -0.638. The first-order chi connectivity index (χ1) is 12.7. The highest BCUT2D eigenvalue weighted by Crippen LogP contribution is 2.27. The molecule has 4 aromatic rings. The van der Waals surface area contributed by atoms with Crippen molar-refractivity contribution in [1.29, 1.82) is 0 Å². The number of amides is 1. The normalized spacial score (nSPS) is 10.7. The van der Waals surface area contributed by atoms with Gasteiger partial charge in [-0.2, -0.15) is 4.98 Å². The number of nitrogens with zero attached hydrogens (tertiary/aromatic N) is 3. The van der Waals surface area contributed by atoms with Crippen molar-refractivity contribution in [1.82, 2.24) is 14.6 Å². The molecule has 2 aromatic heterocycles. The molecule has 130 valence electrons. The summed E-state index contributed by atoms with van der Waals surface area (Å²) < 4.78 is 12.0. The number of benzene rings is 2. The summed E-state index contributed by atoms with van der Waals surface area (Å²) in [6, 6.07) is 16.5. The van der Waals surface area contributed by atoms with E-state index in [1.165, 1.54) is 11.3 Å². The molecule has 0 unspecified atom stereocenters. The maximum Gasteiger partial charge on any atom is 0.419 e. The summed E-state index contributed by atoms with van der Waals surface area (Å²) in [5, 5.41) is 8.85. The third-order valence-electron chi connectivity index (χ3n) is 3.64. The van der Waals surface area contributed by atoms with Crippen molar-refractivity contribution in [2.24, 2.45) is 0 Å². The Hall–Kier alpha value is -3.39. The summed E-state index contributed by atoms with van der Waals surface area (Å²) in [5.74, 6) is 1.42. The Balaban J connectivity index is 1.54. The number of anilines is 1. The fraction of sp³-hybridized carbons (Fsp3) is 0.0556. The molecular weight excluding hydrogens is 352 g/mol. The van der Waals surface area contributed by atoms with E-state index >= 15 is 0 Å². The fourth-order valence-electron chi connectivity index (χ4n) is 2.41. The molecular formula is C18H14N4O3S. The third kappa shape index (κ3) is 3.22. The largest absolute Gasteiger partial charge is 0.497 e. The number of nitrogens with one attached hydrogen (secondary N) is 1. The average molecular weight is 366 g/mol. The lowest BCUT2D eigenvalue weighted by molar-refractivity contribution is 0.215. The Labute approximate surface area is 152 Å². The molecule has 2 aromatic carbocycles. The Morgan fingerprint density at radius 3 is 2.58 bits per heavy atom. The minimum Gasteiger partial charge on any atom is -0.497 e. The number of hydrogen-bond acceptors (Lipinski definition) is 6. The molecule has 26 heavy (non-hydrogen) atoms. The van der Waals surface area contributed by atoms with Gasteiger partial charge in [0.2, 0.25) is 4.96 Å². The lowest BCUT2D eigenvalue weighted by atomic mass is 10.2. The van der Waals surface area contributed by atoms with E-state index < -0.39 is 6.09 Å². The predicted octanol–water partition coefficient (Wildman–Crippen LogP) is 4.08. The highest BCUT2D eigenvalue weighted by Gasteiger charge is 2.14. The first kappa shape index (κ1) is 16.1. The van der Waals surface area contributed by atoms with Gasteiger partial charge in [-0.1, -0.05) is 18.2 Å². The highest BCUT2D eigenvalue weighted by atomic mass is 32.1. The average Bonchev–Trinajstić information content (AvgIpc) is 3.22. The van der Waals surface area contributed by atoms with Crippen LogP contribution in [-0.2, 0) is 0 Å². The van der Waals surface area contributed by atoms with Crippen molar-refractivity contribution in [2.75, 3.05) is 12.4 Å². The molecule has 0 aliphatic rings. The van der Waals surface area contributed by atoms with E-state index in [1.54, 1.807) is 35.9 Å². The van der Waals surface area contributed by atoms with E-state index in [0.717, 1.165) is 17.0 Å². The van der Waals surface area contributed by atoms with Gasteiger partial charge < -0.3 is 9.47 Å². The summed E-state index contributed by atoms with van der Waals surface area (Å²) in [5.41, 5.74) is 1.85. The van der Waals surface area contributed by atoms with Crippen LogP contribution in [0.25, 0.3) is 16.2 Å². The molecule has 8 heteroatoms. The third-order valence-corrected chi connectivity index (χ3v) is 4.45. The number of carbonyl (C=O) groups is 1. The van der Waals surface area contributed by atoms with E-state index in [9.17, 15) is 4.79 Å². The van der Waals surface area contributed by atoms with Gasteiger partial charge in [0.1, 0.15) is 11.5 Å². The molecule has 1 amide bonds. The molecule has 0 radical (unpaired) electrons. The number of hydrogen-bond donors (Lipinski definition) is 1. The molecule has 0 aliphatic heterocycles. The van der Waals surface area contributed by atoms with Crippen molar-refractivity contribution in [2.45, 2.75) is 0 Å². The minimum atomic E-state index is -0.638. The monoisotopic (exact) mass is 366 g/mol. The number of rotatable bonds is 4. The molecule has 0 aliphatic carbocycles. The number of carbonyl (C=O) groups excluding carboxylic acids is 1. The lowest BCUT2D eigenvalue weighted by Crippen LogP contribution is -2.17. The number of thiazole rings is 1. The van der Waals surface area contributed by atoms with Crippen LogP contribution in [0.1, 0.15) is 0 Å². The van der Waals surface area contributed by atoms with E-state index in [-0.39, 0.29) is 5.95 Å². The maximum atomic E-state index is 12.0. The van der Waals surface area contributed by atoms with Crippen LogP contribution < -0.4 is 14.8 Å². The summed E-state index contributed by atoms with van der Waals surface area (Å²) in [7, 11) is 1.63. The van der Waals surface area contributed by atoms with Gasteiger partial charge >= 0.3 is 6.09 Å². The zero-order chi connectivity index (χ0) is 17.9. The summed E-state index contributed by atoms with van der Waals surface area (Å²) >= 11 is 1.44. The van der Waals surface area contributed by atoms with Crippen LogP contribution in [0.3, 0.4) is 0 Å². The zero-order valence-corrected chi connectivity index (χ0v) is 14.6. The van der Waals surface area contributed by atoms with E-state index in [4.69, 9.17) is 9.47 Å². The van der Waals surface area contributed by atoms with Crippen LogP contribution in [0.4, 0.5) is 10.7 Å². The Kier molecular flexibility index (Phi) is 4.24. The second-order valence-corrected chi connectivity index (χ2v) is 6.14. The fourth-order valence-corrected chi connectivity index (χ4v) is 3.24. The smallest absolute Gasteiger partial charge is 0.419 e. The van der Waals surface area contributed by atoms with Crippen molar-refractivity contribution in [3.8, 4) is 22.8 Å². The van der Waals surface area contributed by atoms with Crippen molar-refractivity contribution in [3.05, 3.63) is 60.0 Å². The SMILES string of the molecule is COc1ccc(-c2csc3nc(NC(=O)Oc4ccccc4)nn23)cc1. The molecule has 7 nitrogen and oxygen atoms in total. The first-order valence-corrected chi connectivity index (χ1v) is 8.63. The topological polar surface area (TPSA) is 77.8 Å². The molecule has 2 heterocycles. The number of fused-ring (bicyclic) bond motifs is 1. The van der Waals surface area contributed by atoms with Gasteiger partial charge in [0.15, 0.2) is 0 Å². The van der Waals surface area contributed by atoms with Gasteiger partial charge in [-0.05, 0) is 36.4 Å². The second-order valence-electron chi connectivity index (χ2n) is 5.31. The van der Waals surface area contributed by atoms with Crippen LogP contribution >= 0.6 is 11.3 Å². The van der Waals surface area contributed by atoms with Gasteiger partial charge in [-0.3, -0.25) is 5.32 Å². The zero-order valence-electron chi connectivity index (χ0n) is 13.7. The Morgan fingerprint density at radius 1 is 1.08 bits per heavy atom. The lowest BCUT2D eigenvalue weighted by Gasteiger charge is -2.03. The molecule has 0 saturated carbocycles. The molecule has 1 N–H and O–H groups in total. The minimum absolute atomic E-state index is 0.188. The number of methoxy groups -OCH3 is 1.